The monoisotopic (exact) mass is 336 g/mol. The zero-order valence-electron chi connectivity index (χ0n) is 11.1. The normalized spacial score (nSPS) is 10.4. The quantitative estimate of drug-likeness (QED) is 0.628. The van der Waals surface area contributed by atoms with Crippen molar-refractivity contribution in [3.8, 4) is 0 Å². The van der Waals surface area contributed by atoms with Crippen molar-refractivity contribution in [2.24, 2.45) is 0 Å². The molecule has 0 saturated carbocycles. The summed E-state index contributed by atoms with van der Waals surface area (Å²) >= 11 is 3.35. The Morgan fingerprint density at radius 3 is 3.00 bits per heavy atom. The van der Waals surface area contributed by atoms with Gasteiger partial charge in [-0.3, -0.25) is 4.79 Å². The summed E-state index contributed by atoms with van der Waals surface area (Å²) < 4.78 is 2.78. The third-order valence-electron chi connectivity index (χ3n) is 2.92. The molecule has 2 rings (SSSR count). The fourth-order valence-corrected chi connectivity index (χ4v) is 2.28. The van der Waals surface area contributed by atoms with Crippen LogP contribution in [0.25, 0.3) is 0 Å². The van der Waals surface area contributed by atoms with Crippen LogP contribution < -0.4 is 11.1 Å². The second-order valence-corrected chi connectivity index (χ2v) is 5.36. The summed E-state index contributed by atoms with van der Waals surface area (Å²) in [5.41, 5.74) is 6.84. The first-order chi connectivity index (χ1) is 9.66. The molecule has 0 radical (unpaired) electrons. The number of carbonyl (C=O) groups is 1. The van der Waals surface area contributed by atoms with Gasteiger partial charge in [-0.15, -0.1) is 0 Å². The van der Waals surface area contributed by atoms with E-state index in [9.17, 15) is 4.79 Å². The van der Waals surface area contributed by atoms with Crippen molar-refractivity contribution in [2.45, 2.75) is 19.4 Å². The Labute approximate surface area is 126 Å². The summed E-state index contributed by atoms with van der Waals surface area (Å²) in [5, 5.41) is 2.90. The lowest BCUT2D eigenvalue weighted by Gasteiger charge is -2.08. The Morgan fingerprint density at radius 2 is 2.25 bits per heavy atom. The minimum atomic E-state index is -0.105. The molecule has 3 N–H and O–H groups in total. The van der Waals surface area contributed by atoms with Gasteiger partial charge in [-0.1, -0.05) is 0 Å². The number of aromatic nitrogens is 2. The van der Waals surface area contributed by atoms with Gasteiger partial charge in [0.25, 0.3) is 5.91 Å². The first-order valence-corrected chi connectivity index (χ1v) is 7.25. The minimum absolute atomic E-state index is 0.105. The molecule has 106 valence electrons. The van der Waals surface area contributed by atoms with Gasteiger partial charge in [0.05, 0.1) is 11.9 Å². The number of carbonyl (C=O) groups excluding carboxylic acids is 1. The lowest BCUT2D eigenvalue weighted by Crippen LogP contribution is -2.25. The van der Waals surface area contributed by atoms with Crippen LogP contribution in [0.1, 0.15) is 23.2 Å². The van der Waals surface area contributed by atoms with Gasteiger partial charge in [-0.05, 0) is 47.0 Å². The van der Waals surface area contributed by atoms with Gasteiger partial charge in [0.1, 0.15) is 0 Å². The van der Waals surface area contributed by atoms with E-state index in [-0.39, 0.29) is 5.91 Å². The van der Waals surface area contributed by atoms with Crippen molar-refractivity contribution < 1.29 is 4.79 Å². The van der Waals surface area contributed by atoms with Gasteiger partial charge >= 0.3 is 0 Å². The fourth-order valence-electron chi connectivity index (χ4n) is 1.85. The third-order valence-corrected chi connectivity index (χ3v) is 3.61. The Morgan fingerprint density at radius 1 is 1.40 bits per heavy atom. The minimum Gasteiger partial charge on any atom is -0.399 e. The molecule has 0 bridgehead atoms. The fraction of sp³-hybridized carbons (Fsp3) is 0.286. The number of anilines is 1. The Balaban J connectivity index is 1.73. The molecule has 0 spiro atoms. The number of nitrogens with one attached hydrogen (secondary N) is 1. The molecular formula is C14H17BrN4O. The molecule has 0 saturated heterocycles. The van der Waals surface area contributed by atoms with E-state index < -0.39 is 0 Å². The average molecular weight is 337 g/mol. The SMILES string of the molecule is Nc1ccc(Br)c(C(=O)NCCCCn2ccnc2)c1. The number of nitrogens with two attached hydrogens (primary N) is 1. The van der Waals surface area contributed by atoms with Gasteiger partial charge < -0.3 is 15.6 Å². The average Bonchev–Trinajstić information content (AvgIpc) is 2.94. The number of benzene rings is 1. The van der Waals surface area contributed by atoms with Crippen LogP contribution in [0.5, 0.6) is 0 Å². The molecule has 0 aliphatic heterocycles. The Hall–Kier alpha value is -1.82. The molecule has 0 fully saturated rings. The standard InChI is InChI=1S/C14H17BrN4O/c15-13-4-3-11(16)9-12(13)14(20)18-5-1-2-7-19-8-6-17-10-19/h3-4,6,8-10H,1-2,5,7,16H2,(H,18,20). The lowest BCUT2D eigenvalue weighted by molar-refractivity contribution is 0.0952. The maximum Gasteiger partial charge on any atom is 0.252 e. The zero-order valence-corrected chi connectivity index (χ0v) is 12.6. The number of imidazole rings is 1. The first kappa shape index (κ1) is 14.6. The molecule has 1 amide bonds. The van der Waals surface area contributed by atoms with Crippen LogP contribution in [0.4, 0.5) is 5.69 Å². The number of nitrogen functional groups attached to an aromatic ring is 1. The van der Waals surface area contributed by atoms with Crippen LogP contribution in [-0.2, 0) is 6.54 Å². The van der Waals surface area contributed by atoms with Crippen LogP contribution in [0, 0.1) is 0 Å². The van der Waals surface area contributed by atoms with E-state index >= 15 is 0 Å². The highest BCUT2D eigenvalue weighted by Crippen LogP contribution is 2.19. The summed E-state index contributed by atoms with van der Waals surface area (Å²) in [4.78, 5) is 16.0. The largest absolute Gasteiger partial charge is 0.399 e. The molecule has 2 aromatic rings. The van der Waals surface area contributed by atoms with E-state index in [1.807, 2.05) is 10.8 Å². The number of nitrogens with zero attached hydrogens (tertiary/aromatic N) is 2. The predicted molar refractivity (Wildman–Crippen MR) is 82.3 cm³/mol. The van der Waals surface area contributed by atoms with E-state index in [4.69, 9.17) is 5.73 Å². The lowest BCUT2D eigenvalue weighted by atomic mass is 10.2. The summed E-state index contributed by atoms with van der Waals surface area (Å²) in [7, 11) is 0. The number of amides is 1. The molecule has 20 heavy (non-hydrogen) atoms. The second-order valence-electron chi connectivity index (χ2n) is 4.50. The predicted octanol–water partition coefficient (Wildman–Crippen LogP) is 2.44. The maximum atomic E-state index is 12.0. The van der Waals surface area contributed by atoms with Crippen LogP contribution in [0.3, 0.4) is 0 Å². The van der Waals surface area contributed by atoms with Crippen LogP contribution in [0.2, 0.25) is 0 Å². The van der Waals surface area contributed by atoms with Crippen LogP contribution >= 0.6 is 15.9 Å². The molecule has 1 aromatic heterocycles. The van der Waals surface area contributed by atoms with Crippen molar-refractivity contribution in [1.82, 2.24) is 14.9 Å². The van der Waals surface area contributed by atoms with E-state index in [0.717, 1.165) is 23.9 Å². The van der Waals surface area contributed by atoms with Gasteiger partial charge in [0.2, 0.25) is 0 Å². The number of unbranched alkanes of at least 4 members (excludes halogenated alkanes) is 1. The van der Waals surface area contributed by atoms with Crippen molar-refractivity contribution in [3.63, 3.8) is 0 Å². The van der Waals surface area contributed by atoms with Gasteiger partial charge in [-0.25, -0.2) is 4.98 Å². The summed E-state index contributed by atoms with van der Waals surface area (Å²) in [5.74, 6) is -0.105. The number of hydrogen-bond donors (Lipinski definition) is 2. The summed E-state index contributed by atoms with van der Waals surface area (Å²) in [6.07, 6.45) is 7.41. The second kappa shape index (κ2) is 7.09. The van der Waals surface area contributed by atoms with Crippen molar-refractivity contribution >= 4 is 27.5 Å². The number of hydrogen-bond acceptors (Lipinski definition) is 3. The zero-order chi connectivity index (χ0) is 14.4. The van der Waals surface area contributed by atoms with Crippen molar-refractivity contribution in [2.75, 3.05) is 12.3 Å². The highest BCUT2D eigenvalue weighted by molar-refractivity contribution is 9.10. The topological polar surface area (TPSA) is 72.9 Å². The molecule has 0 aliphatic carbocycles. The molecule has 6 heteroatoms. The van der Waals surface area contributed by atoms with Crippen molar-refractivity contribution in [3.05, 3.63) is 47.0 Å². The van der Waals surface area contributed by atoms with Gasteiger partial charge in [-0.2, -0.15) is 0 Å². The third kappa shape index (κ3) is 4.09. The van der Waals surface area contributed by atoms with E-state index in [0.29, 0.717) is 17.8 Å². The molecule has 0 unspecified atom stereocenters. The number of rotatable bonds is 6. The number of halogens is 1. The Bertz CT molecular complexity index is 569. The first-order valence-electron chi connectivity index (χ1n) is 6.46. The molecular weight excluding hydrogens is 320 g/mol. The van der Waals surface area contributed by atoms with Crippen LogP contribution in [0.15, 0.2) is 41.4 Å². The van der Waals surface area contributed by atoms with Gasteiger partial charge in [0.15, 0.2) is 0 Å². The summed E-state index contributed by atoms with van der Waals surface area (Å²) in [6, 6.07) is 5.21. The van der Waals surface area contributed by atoms with E-state index in [1.54, 1.807) is 30.7 Å². The van der Waals surface area contributed by atoms with E-state index in [1.165, 1.54) is 0 Å². The van der Waals surface area contributed by atoms with E-state index in [2.05, 4.69) is 26.2 Å². The molecule has 5 nitrogen and oxygen atoms in total. The number of aryl methyl sites for hydroxylation is 1. The Kier molecular flexibility index (Phi) is 5.17. The highest BCUT2D eigenvalue weighted by Gasteiger charge is 2.09. The van der Waals surface area contributed by atoms with Gasteiger partial charge in [0, 0.05) is 35.6 Å². The summed E-state index contributed by atoms with van der Waals surface area (Å²) in [6.45, 7) is 1.56. The highest BCUT2D eigenvalue weighted by atomic mass is 79.9. The molecule has 0 aliphatic rings. The van der Waals surface area contributed by atoms with Crippen LogP contribution in [-0.4, -0.2) is 22.0 Å². The molecule has 1 aromatic carbocycles. The van der Waals surface area contributed by atoms with Crippen molar-refractivity contribution in [1.29, 1.82) is 0 Å². The molecule has 1 heterocycles. The smallest absolute Gasteiger partial charge is 0.252 e. The molecule has 0 atom stereocenters. The maximum absolute atomic E-state index is 12.0.